The molecule has 7 heteroatoms. The van der Waals surface area contributed by atoms with E-state index in [0.29, 0.717) is 12.5 Å². The van der Waals surface area contributed by atoms with E-state index < -0.39 is 0 Å². The van der Waals surface area contributed by atoms with Crippen LogP contribution in [0, 0.1) is 0 Å². The number of fused-ring (bicyclic) bond motifs is 1. The number of aliphatic imine (C=N–C) groups is 1. The summed E-state index contributed by atoms with van der Waals surface area (Å²) in [5.74, 6) is 2.01. The van der Waals surface area contributed by atoms with Crippen molar-refractivity contribution < 1.29 is 14.2 Å². The van der Waals surface area contributed by atoms with Crippen LogP contribution in [-0.4, -0.2) is 32.5 Å². The molecule has 2 aliphatic rings. The maximum atomic E-state index is 6.11. The van der Waals surface area contributed by atoms with Gasteiger partial charge in [0.25, 0.3) is 0 Å². The molecule has 0 aromatic heterocycles. The zero-order valence-electron chi connectivity index (χ0n) is 15.0. The van der Waals surface area contributed by atoms with E-state index in [0.717, 1.165) is 43.2 Å². The van der Waals surface area contributed by atoms with Gasteiger partial charge >= 0.3 is 0 Å². The number of ether oxygens (including phenoxy) is 3. The lowest BCUT2D eigenvalue weighted by atomic mass is 9.74. The minimum Gasteiger partial charge on any atom is -0.454 e. The quantitative estimate of drug-likeness (QED) is 0.397. The second-order valence-electron chi connectivity index (χ2n) is 6.65. The first-order chi connectivity index (χ1) is 12.8. The molecule has 2 aromatic rings. The Morgan fingerprint density at radius 2 is 1.78 bits per heavy atom. The molecule has 3 N–H and O–H groups in total. The topological polar surface area (TPSA) is 78.1 Å². The lowest BCUT2D eigenvalue weighted by Gasteiger charge is -2.36. The van der Waals surface area contributed by atoms with Crippen LogP contribution in [0.5, 0.6) is 11.5 Å². The number of halogens is 1. The van der Waals surface area contributed by atoms with Gasteiger partial charge in [-0.15, -0.1) is 24.0 Å². The molecule has 0 bridgehead atoms. The van der Waals surface area contributed by atoms with Gasteiger partial charge in [0.1, 0.15) is 0 Å². The van der Waals surface area contributed by atoms with E-state index in [9.17, 15) is 0 Å². The normalized spacial score (nSPS) is 17.9. The van der Waals surface area contributed by atoms with Crippen molar-refractivity contribution in [2.75, 3.05) is 31.9 Å². The first-order valence-electron chi connectivity index (χ1n) is 8.85. The predicted octanol–water partition coefficient (Wildman–Crippen LogP) is 3.51. The van der Waals surface area contributed by atoms with Crippen molar-refractivity contribution in [1.82, 2.24) is 0 Å². The van der Waals surface area contributed by atoms with Gasteiger partial charge in [-0.25, -0.2) is 0 Å². The fraction of sp³-hybridized carbons (Fsp3) is 0.350. The second-order valence-corrected chi connectivity index (χ2v) is 6.65. The van der Waals surface area contributed by atoms with Gasteiger partial charge in [0.15, 0.2) is 17.5 Å². The number of hydrogen-bond donors (Lipinski definition) is 2. The van der Waals surface area contributed by atoms with Gasteiger partial charge in [-0.3, -0.25) is 4.99 Å². The SMILES string of the molecule is I.NC(=NCC1(c2ccc3c(c2)OCO3)CCOCC1)Nc1ccccc1. The van der Waals surface area contributed by atoms with Crippen molar-refractivity contribution in [2.45, 2.75) is 18.3 Å². The van der Waals surface area contributed by atoms with Crippen molar-refractivity contribution >= 4 is 35.6 Å². The third-order valence-corrected chi connectivity index (χ3v) is 5.03. The molecule has 0 unspecified atom stereocenters. The molecule has 144 valence electrons. The van der Waals surface area contributed by atoms with Crippen LogP contribution in [0.1, 0.15) is 18.4 Å². The fourth-order valence-corrected chi connectivity index (χ4v) is 3.47. The van der Waals surface area contributed by atoms with Gasteiger partial charge in [-0.05, 0) is 42.7 Å². The Kier molecular flexibility index (Phi) is 6.43. The van der Waals surface area contributed by atoms with E-state index in [1.54, 1.807) is 0 Å². The number of rotatable bonds is 4. The summed E-state index contributed by atoms with van der Waals surface area (Å²) in [6.07, 6.45) is 1.80. The molecular weight excluding hydrogens is 457 g/mol. The molecule has 2 aliphatic heterocycles. The van der Waals surface area contributed by atoms with Gasteiger partial charge in [-0.1, -0.05) is 24.3 Å². The van der Waals surface area contributed by atoms with Crippen LogP contribution in [0.4, 0.5) is 5.69 Å². The first kappa shape index (κ1) is 19.8. The molecule has 0 spiro atoms. The number of benzene rings is 2. The molecule has 6 nitrogen and oxygen atoms in total. The average molecular weight is 481 g/mol. The minimum atomic E-state index is -0.109. The van der Waals surface area contributed by atoms with Gasteiger partial charge in [0.05, 0.1) is 6.54 Å². The van der Waals surface area contributed by atoms with Crippen molar-refractivity contribution in [1.29, 1.82) is 0 Å². The smallest absolute Gasteiger partial charge is 0.231 e. The zero-order valence-corrected chi connectivity index (χ0v) is 17.3. The van der Waals surface area contributed by atoms with Gasteiger partial charge in [0.2, 0.25) is 6.79 Å². The van der Waals surface area contributed by atoms with Crippen LogP contribution in [0.3, 0.4) is 0 Å². The van der Waals surface area contributed by atoms with Crippen LogP contribution in [-0.2, 0) is 10.2 Å². The number of hydrogen-bond acceptors (Lipinski definition) is 4. The Hall–Kier alpha value is -2.00. The molecule has 0 aliphatic carbocycles. The van der Waals surface area contributed by atoms with E-state index in [1.807, 2.05) is 36.4 Å². The largest absolute Gasteiger partial charge is 0.454 e. The summed E-state index contributed by atoms with van der Waals surface area (Å²) in [5, 5.41) is 3.14. The average Bonchev–Trinajstić information content (AvgIpc) is 3.16. The molecule has 1 fully saturated rings. The molecule has 4 rings (SSSR count). The molecule has 0 radical (unpaired) electrons. The summed E-state index contributed by atoms with van der Waals surface area (Å²) in [6, 6.07) is 16.0. The summed E-state index contributed by atoms with van der Waals surface area (Å²) in [5.41, 5.74) is 8.13. The van der Waals surface area contributed by atoms with Crippen LogP contribution in [0.25, 0.3) is 0 Å². The van der Waals surface area contributed by atoms with E-state index >= 15 is 0 Å². The molecule has 0 saturated carbocycles. The Morgan fingerprint density at radius 1 is 1.04 bits per heavy atom. The fourth-order valence-electron chi connectivity index (χ4n) is 3.47. The third-order valence-electron chi connectivity index (χ3n) is 5.03. The first-order valence-corrected chi connectivity index (χ1v) is 8.85. The molecule has 2 heterocycles. The number of para-hydroxylation sites is 1. The second kappa shape index (κ2) is 8.79. The summed E-state index contributed by atoms with van der Waals surface area (Å²) in [6.45, 7) is 2.31. The maximum Gasteiger partial charge on any atom is 0.231 e. The van der Waals surface area contributed by atoms with E-state index in [2.05, 4.69) is 22.4 Å². The lowest BCUT2D eigenvalue weighted by Crippen LogP contribution is -2.38. The van der Waals surface area contributed by atoms with Crippen molar-refractivity contribution in [3.63, 3.8) is 0 Å². The number of anilines is 1. The van der Waals surface area contributed by atoms with E-state index in [1.165, 1.54) is 5.56 Å². The Labute approximate surface area is 176 Å². The standard InChI is InChI=1S/C20H23N3O3.HI/c21-19(23-16-4-2-1-3-5-16)22-13-20(8-10-24-11-9-20)15-6-7-17-18(12-15)26-14-25-17;/h1-7,12H,8-11,13-14H2,(H3,21,22,23);1H. The summed E-state index contributed by atoms with van der Waals surface area (Å²) < 4.78 is 16.6. The Balaban J connectivity index is 0.00000210. The highest BCUT2D eigenvalue weighted by molar-refractivity contribution is 14.0. The van der Waals surface area contributed by atoms with Crippen molar-refractivity contribution in [2.24, 2.45) is 10.7 Å². The molecule has 0 amide bonds. The zero-order chi connectivity index (χ0) is 17.8. The van der Waals surface area contributed by atoms with Crippen LogP contribution in [0.2, 0.25) is 0 Å². The summed E-state index contributed by atoms with van der Waals surface area (Å²) >= 11 is 0. The van der Waals surface area contributed by atoms with Crippen LogP contribution in [0.15, 0.2) is 53.5 Å². The number of guanidine groups is 1. The highest BCUT2D eigenvalue weighted by Crippen LogP contribution is 2.41. The molecular formula is C20H24IN3O3. The lowest BCUT2D eigenvalue weighted by molar-refractivity contribution is 0.0531. The van der Waals surface area contributed by atoms with Crippen LogP contribution >= 0.6 is 24.0 Å². The number of nitrogens with zero attached hydrogens (tertiary/aromatic N) is 1. The Morgan fingerprint density at radius 3 is 2.56 bits per heavy atom. The van der Waals surface area contributed by atoms with Crippen molar-refractivity contribution in [3.8, 4) is 11.5 Å². The Bertz CT molecular complexity index is 792. The number of nitrogens with one attached hydrogen (secondary N) is 1. The minimum absolute atomic E-state index is 0. The van der Waals surface area contributed by atoms with Crippen LogP contribution < -0.4 is 20.5 Å². The molecule has 1 saturated heterocycles. The summed E-state index contributed by atoms with van der Waals surface area (Å²) in [7, 11) is 0. The summed E-state index contributed by atoms with van der Waals surface area (Å²) in [4.78, 5) is 4.64. The van der Waals surface area contributed by atoms with Crippen molar-refractivity contribution in [3.05, 3.63) is 54.1 Å². The van der Waals surface area contributed by atoms with E-state index in [4.69, 9.17) is 19.9 Å². The van der Waals surface area contributed by atoms with Gasteiger partial charge < -0.3 is 25.3 Å². The highest BCUT2D eigenvalue weighted by atomic mass is 127. The predicted molar refractivity (Wildman–Crippen MR) is 116 cm³/mol. The van der Waals surface area contributed by atoms with Gasteiger partial charge in [0, 0.05) is 24.3 Å². The monoisotopic (exact) mass is 481 g/mol. The molecule has 27 heavy (non-hydrogen) atoms. The van der Waals surface area contributed by atoms with Gasteiger partial charge in [-0.2, -0.15) is 0 Å². The maximum absolute atomic E-state index is 6.11. The number of nitrogens with two attached hydrogens (primary N) is 1. The third kappa shape index (κ3) is 4.47. The highest BCUT2D eigenvalue weighted by Gasteiger charge is 2.35. The van der Waals surface area contributed by atoms with E-state index in [-0.39, 0.29) is 36.2 Å². The molecule has 2 aromatic carbocycles. The molecule has 0 atom stereocenters.